The topological polar surface area (TPSA) is 109 Å². The van der Waals surface area contributed by atoms with Gasteiger partial charge in [-0.1, -0.05) is 51.1 Å². The lowest BCUT2D eigenvalue weighted by Crippen LogP contribution is -2.27. The van der Waals surface area contributed by atoms with Crippen molar-refractivity contribution in [3.63, 3.8) is 0 Å². The van der Waals surface area contributed by atoms with E-state index in [4.69, 9.17) is 4.74 Å². The van der Waals surface area contributed by atoms with Gasteiger partial charge in [-0.05, 0) is 64.6 Å². The van der Waals surface area contributed by atoms with Crippen LogP contribution >= 0.6 is 0 Å². The van der Waals surface area contributed by atoms with Crippen molar-refractivity contribution in [2.75, 3.05) is 31.3 Å². The number of pyridine rings is 1. The Morgan fingerprint density at radius 2 is 1.65 bits per heavy atom. The van der Waals surface area contributed by atoms with Gasteiger partial charge >= 0.3 is 0 Å². The fourth-order valence-electron chi connectivity index (χ4n) is 4.55. The van der Waals surface area contributed by atoms with Gasteiger partial charge in [-0.2, -0.15) is 0 Å². The van der Waals surface area contributed by atoms with Crippen molar-refractivity contribution in [2.45, 2.75) is 33.1 Å². The zero-order valence-electron chi connectivity index (χ0n) is 23.6. The van der Waals surface area contributed by atoms with E-state index in [2.05, 4.69) is 20.9 Å². The van der Waals surface area contributed by atoms with Gasteiger partial charge in [-0.3, -0.25) is 14.4 Å². The van der Waals surface area contributed by atoms with Crippen LogP contribution in [0, 0.1) is 0 Å². The quantitative estimate of drug-likeness (QED) is 0.193. The minimum absolute atomic E-state index is 0.192. The Morgan fingerprint density at radius 1 is 0.925 bits per heavy atom. The predicted molar refractivity (Wildman–Crippen MR) is 159 cm³/mol. The molecule has 3 aromatic carbocycles. The van der Waals surface area contributed by atoms with Gasteiger partial charge in [-0.25, -0.2) is 4.98 Å². The highest BCUT2D eigenvalue weighted by Crippen LogP contribution is 2.36. The maximum Gasteiger partial charge on any atom is 0.296 e. The molecule has 0 unspecified atom stereocenters. The van der Waals surface area contributed by atoms with E-state index in [1.54, 1.807) is 31.4 Å². The summed E-state index contributed by atoms with van der Waals surface area (Å²) in [4.78, 5) is 44.2. The number of nitrogens with zero attached hydrogens (tertiary/aromatic N) is 1. The largest absolute Gasteiger partial charge is 0.494 e. The van der Waals surface area contributed by atoms with Crippen molar-refractivity contribution in [3.05, 3.63) is 83.6 Å². The molecule has 0 aliphatic carbocycles. The van der Waals surface area contributed by atoms with Gasteiger partial charge in [0.25, 0.3) is 17.6 Å². The van der Waals surface area contributed by atoms with Crippen LogP contribution in [0.4, 0.5) is 11.5 Å². The summed E-state index contributed by atoms with van der Waals surface area (Å²) < 4.78 is 5.55. The SMILES string of the molecule is CCNC(=O)c1cc(C(C)(C)C)cc(NC(=O)C(=O)c2ccc(-c3ccc(NC)nc3)c3ccccc23)c1OC. The number of carbonyl (C=O) groups excluding carboxylic acids is 3. The number of hydrogen-bond donors (Lipinski definition) is 3. The summed E-state index contributed by atoms with van der Waals surface area (Å²) in [5, 5.41) is 9.98. The summed E-state index contributed by atoms with van der Waals surface area (Å²) >= 11 is 0. The van der Waals surface area contributed by atoms with Crippen LogP contribution in [0.1, 0.15) is 54.0 Å². The van der Waals surface area contributed by atoms with Gasteiger partial charge in [0.2, 0.25) is 0 Å². The molecule has 0 atom stereocenters. The Labute approximate surface area is 234 Å². The van der Waals surface area contributed by atoms with Crippen LogP contribution in [-0.4, -0.2) is 43.3 Å². The number of methoxy groups -OCH3 is 1. The molecule has 0 radical (unpaired) electrons. The fraction of sp³-hybridized carbons (Fsp3) is 0.250. The molecule has 0 fully saturated rings. The molecule has 0 aliphatic rings. The van der Waals surface area contributed by atoms with Crippen LogP contribution in [0.3, 0.4) is 0 Å². The summed E-state index contributed by atoms with van der Waals surface area (Å²) in [7, 11) is 3.23. The highest BCUT2D eigenvalue weighted by molar-refractivity contribution is 6.48. The number of ether oxygens (including phenoxy) is 1. The molecular formula is C32H34N4O4. The number of fused-ring (bicyclic) bond motifs is 1. The summed E-state index contributed by atoms with van der Waals surface area (Å²) in [6.45, 7) is 8.26. The molecule has 1 heterocycles. The fourth-order valence-corrected chi connectivity index (χ4v) is 4.55. The predicted octanol–water partition coefficient (Wildman–Crippen LogP) is 5.82. The van der Waals surface area contributed by atoms with E-state index in [-0.39, 0.29) is 33.9 Å². The lowest BCUT2D eigenvalue weighted by Gasteiger charge is -2.23. The number of benzene rings is 3. The molecule has 0 spiro atoms. The normalized spacial score (nSPS) is 11.2. The van der Waals surface area contributed by atoms with E-state index in [0.29, 0.717) is 11.9 Å². The van der Waals surface area contributed by atoms with E-state index in [1.807, 2.05) is 70.2 Å². The second kappa shape index (κ2) is 11.6. The number of hydrogen-bond acceptors (Lipinski definition) is 6. The number of ketones is 1. The third kappa shape index (κ3) is 5.66. The maximum atomic E-state index is 13.5. The number of Topliss-reactive ketones (excluding diaryl/α,β-unsaturated/α-hetero) is 1. The summed E-state index contributed by atoms with van der Waals surface area (Å²) in [6, 6.07) is 18.3. The van der Waals surface area contributed by atoms with Gasteiger partial charge in [0.05, 0.1) is 18.4 Å². The zero-order chi connectivity index (χ0) is 29.0. The van der Waals surface area contributed by atoms with Gasteiger partial charge in [0, 0.05) is 30.9 Å². The Hall–Kier alpha value is -4.72. The van der Waals surface area contributed by atoms with E-state index >= 15 is 0 Å². The Balaban J connectivity index is 1.74. The van der Waals surface area contributed by atoms with Crippen LogP contribution in [0.5, 0.6) is 5.75 Å². The first-order chi connectivity index (χ1) is 19.1. The second-order valence-corrected chi connectivity index (χ2v) is 10.4. The van der Waals surface area contributed by atoms with Gasteiger partial charge in [0.15, 0.2) is 5.75 Å². The van der Waals surface area contributed by atoms with E-state index in [9.17, 15) is 14.4 Å². The molecule has 206 valence electrons. The van der Waals surface area contributed by atoms with Crippen molar-refractivity contribution in [1.82, 2.24) is 10.3 Å². The molecule has 0 saturated heterocycles. The van der Waals surface area contributed by atoms with Crippen molar-refractivity contribution in [3.8, 4) is 16.9 Å². The number of rotatable bonds is 8. The molecule has 0 bridgehead atoms. The number of nitrogens with one attached hydrogen (secondary N) is 3. The van der Waals surface area contributed by atoms with Crippen LogP contribution in [0.25, 0.3) is 21.9 Å². The Morgan fingerprint density at radius 3 is 2.25 bits per heavy atom. The summed E-state index contributed by atoms with van der Waals surface area (Å²) in [6.07, 6.45) is 1.77. The number of anilines is 2. The molecule has 40 heavy (non-hydrogen) atoms. The standard InChI is InChI=1S/C32H34N4O4/c1-7-34-30(38)25-16-20(32(2,3)4)17-26(29(25)40-6)36-31(39)28(37)24-14-13-21(22-10-8-9-11-23(22)24)19-12-15-27(33-5)35-18-19/h8-18H,7H2,1-6H3,(H,33,35)(H,34,38)(H,36,39). The molecule has 3 N–H and O–H groups in total. The number of carbonyl (C=O) groups is 3. The third-order valence-corrected chi connectivity index (χ3v) is 6.69. The molecule has 1 aromatic heterocycles. The smallest absolute Gasteiger partial charge is 0.296 e. The maximum absolute atomic E-state index is 13.5. The molecule has 0 saturated carbocycles. The van der Waals surface area contributed by atoms with Crippen molar-refractivity contribution in [2.24, 2.45) is 0 Å². The monoisotopic (exact) mass is 538 g/mol. The van der Waals surface area contributed by atoms with E-state index in [0.717, 1.165) is 27.9 Å². The van der Waals surface area contributed by atoms with Crippen LogP contribution in [0.2, 0.25) is 0 Å². The Kier molecular flexibility index (Phi) is 8.18. The minimum atomic E-state index is -0.829. The number of aromatic nitrogens is 1. The summed E-state index contributed by atoms with van der Waals surface area (Å²) in [5.41, 5.74) is 3.08. The Bertz CT molecular complexity index is 1590. The molecule has 2 amide bonds. The lowest BCUT2D eigenvalue weighted by molar-refractivity contribution is -0.112. The lowest BCUT2D eigenvalue weighted by atomic mass is 9.85. The molecule has 4 aromatic rings. The van der Waals surface area contributed by atoms with Crippen molar-refractivity contribution in [1.29, 1.82) is 0 Å². The van der Waals surface area contributed by atoms with Crippen molar-refractivity contribution >= 4 is 39.9 Å². The van der Waals surface area contributed by atoms with Crippen LogP contribution in [0.15, 0.2) is 66.9 Å². The molecular weight excluding hydrogens is 504 g/mol. The molecule has 8 heteroatoms. The second-order valence-electron chi connectivity index (χ2n) is 10.4. The first-order valence-electron chi connectivity index (χ1n) is 13.1. The van der Waals surface area contributed by atoms with Gasteiger partial charge < -0.3 is 20.7 Å². The van der Waals surface area contributed by atoms with E-state index in [1.165, 1.54) is 7.11 Å². The summed E-state index contributed by atoms with van der Waals surface area (Å²) in [5.74, 6) is -0.917. The number of amides is 2. The van der Waals surface area contributed by atoms with Gasteiger partial charge in [0.1, 0.15) is 5.82 Å². The third-order valence-electron chi connectivity index (χ3n) is 6.69. The van der Waals surface area contributed by atoms with E-state index < -0.39 is 11.7 Å². The first-order valence-corrected chi connectivity index (χ1v) is 13.1. The highest BCUT2D eigenvalue weighted by Gasteiger charge is 2.26. The van der Waals surface area contributed by atoms with Crippen LogP contribution in [-0.2, 0) is 10.2 Å². The molecule has 4 rings (SSSR count). The molecule has 0 aliphatic heterocycles. The average Bonchev–Trinajstić information content (AvgIpc) is 2.95. The van der Waals surface area contributed by atoms with Crippen molar-refractivity contribution < 1.29 is 19.1 Å². The van der Waals surface area contributed by atoms with Crippen LogP contribution < -0.4 is 20.7 Å². The average molecular weight is 539 g/mol. The highest BCUT2D eigenvalue weighted by atomic mass is 16.5. The first kappa shape index (κ1) is 28.3. The minimum Gasteiger partial charge on any atom is -0.494 e. The zero-order valence-corrected chi connectivity index (χ0v) is 23.6. The van der Waals surface area contributed by atoms with Gasteiger partial charge in [-0.15, -0.1) is 0 Å². The molecule has 8 nitrogen and oxygen atoms in total.